The van der Waals surface area contributed by atoms with E-state index in [1.807, 2.05) is 6.08 Å². The first-order chi connectivity index (χ1) is 33.5. The normalized spacial score (nSPS) is 12.7. The molecule has 6 heteroatoms. The molecule has 0 heterocycles. The molecule has 0 aromatic heterocycles. The number of nitrogens with one attached hydrogen (secondary N) is 1. The monoisotopic (exact) mass is 958 g/mol. The maximum absolute atomic E-state index is 12.5. The first-order valence-electron chi connectivity index (χ1n) is 30.6. The van der Waals surface area contributed by atoms with Crippen molar-refractivity contribution in [3.05, 3.63) is 24.3 Å². The fourth-order valence-electron chi connectivity index (χ4n) is 9.51. The molecule has 0 rings (SSSR count). The predicted octanol–water partition coefficient (Wildman–Crippen LogP) is 19.0. The van der Waals surface area contributed by atoms with E-state index in [0.717, 1.165) is 64.2 Å². The molecule has 0 fully saturated rings. The zero-order valence-corrected chi connectivity index (χ0v) is 45.9. The third-order valence-electron chi connectivity index (χ3n) is 14.2. The molecular weight excluding hydrogens is 839 g/mol. The Labute approximate surface area is 424 Å². The molecule has 1 amide bonds. The Kier molecular flexibility index (Phi) is 56.5. The highest BCUT2D eigenvalue weighted by atomic mass is 16.5. The van der Waals surface area contributed by atoms with Gasteiger partial charge >= 0.3 is 5.97 Å². The quantitative estimate of drug-likeness (QED) is 0.0321. The Morgan fingerprint density at radius 3 is 1.04 bits per heavy atom. The number of rotatable bonds is 57. The van der Waals surface area contributed by atoms with Gasteiger partial charge in [0.05, 0.1) is 25.4 Å². The van der Waals surface area contributed by atoms with E-state index in [-0.39, 0.29) is 18.5 Å². The number of ether oxygens (including phenoxy) is 1. The standard InChI is InChI=1S/C62H119NO5/c1-3-5-7-9-11-13-15-17-19-21-22-23-28-32-36-40-44-48-52-56-62(67)68-57-53-49-45-41-37-33-29-25-24-27-31-35-39-43-47-51-55-61(66)63-59(58-64)60(65)54-50-46-42-38-34-30-26-20-18-16-14-12-10-8-6-4-2/h24,27,50,54,59-60,64-65H,3-23,25-26,28-49,51-53,55-58H2,1-2H3,(H,63,66)/b27-24-,54-50+. The molecule has 0 aromatic rings. The third-order valence-corrected chi connectivity index (χ3v) is 14.2. The molecule has 3 N–H and O–H groups in total. The molecule has 0 spiro atoms. The fourth-order valence-corrected chi connectivity index (χ4v) is 9.51. The summed E-state index contributed by atoms with van der Waals surface area (Å²) in [6.07, 6.45) is 70.7. The Morgan fingerprint density at radius 1 is 0.397 bits per heavy atom. The minimum atomic E-state index is -0.855. The number of esters is 1. The lowest BCUT2D eigenvalue weighted by molar-refractivity contribution is -0.143. The molecule has 2 unspecified atom stereocenters. The first-order valence-corrected chi connectivity index (χ1v) is 30.6. The summed E-state index contributed by atoms with van der Waals surface area (Å²) in [4.78, 5) is 24.6. The molecule has 0 aliphatic heterocycles. The fraction of sp³-hybridized carbons (Fsp3) is 0.903. The van der Waals surface area contributed by atoms with Crippen LogP contribution in [0.25, 0.3) is 0 Å². The van der Waals surface area contributed by atoms with Gasteiger partial charge in [-0.25, -0.2) is 0 Å². The number of aliphatic hydroxyl groups is 2. The van der Waals surface area contributed by atoms with Gasteiger partial charge in [0.2, 0.25) is 5.91 Å². The van der Waals surface area contributed by atoms with Gasteiger partial charge in [-0.3, -0.25) is 9.59 Å². The number of allylic oxidation sites excluding steroid dienone is 3. The largest absolute Gasteiger partial charge is 0.466 e. The van der Waals surface area contributed by atoms with Crippen molar-refractivity contribution in [2.45, 2.75) is 347 Å². The zero-order valence-electron chi connectivity index (χ0n) is 45.9. The lowest BCUT2D eigenvalue weighted by atomic mass is 10.0. The maximum atomic E-state index is 12.5. The van der Waals surface area contributed by atoms with E-state index in [9.17, 15) is 19.8 Å². The van der Waals surface area contributed by atoms with Crippen LogP contribution in [0.1, 0.15) is 335 Å². The zero-order chi connectivity index (χ0) is 49.3. The van der Waals surface area contributed by atoms with Crippen molar-refractivity contribution in [2.75, 3.05) is 13.2 Å². The Bertz CT molecular complexity index is 1060. The average molecular weight is 959 g/mol. The van der Waals surface area contributed by atoms with E-state index >= 15 is 0 Å². The van der Waals surface area contributed by atoms with Crippen molar-refractivity contribution in [3.63, 3.8) is 0 Å². The van der Waals surface area contributed by atoms with Gasteiger partial charge < -0.3 is 20.3 Å². The Hall–Kier alpha value is -1.66. The molecule has 402 valence electrons. The number of aliphatic hydroxyl groups excluding tert-OH is 2. The van der Waals surface area contributed by atoms with Gasteiger partial charge in [0, 0.05) is 12.8 Å². The molecule has 6 nitrogen and oxygen atoms in total. The van der Waals surface area contributed by atoms with Crippen LogP contribution in [0.4, 0.5) is 0 Å². The number of hydrogen-bond acceptors (Lipinski definition) is 5. The second-order valence-electron chi connectivity index (χ2n) is 21.0. The van der Waals surface area contributed by atoms with Gasteiger partial charge in [-0.05, 0) is 57.8 Å². The minimum Gasteiger partial charge on any atom is -0.466 e. The number of unbranched alkanes of at least 4 members (excludes halogenated alkanes) is 44. The van der Waals surface area contributed by atoms with Gasteiger partial charge in [-0.2, -0.15) is 0 Å². The average Bonchev–Trinajstić information content (AvgIpc) is 3.34. The van der Waals surface area contributed by atoms with Crippen molar-refractivity contribution < 1.29 is 24.5 Å². The molecule has 0 saturated heterocycles. The minimum absolute atomic E-state index is 0.00126. The van der Waals surface area contributed by atoms with Gasteiger partial charge in [-0.15, -0.1) is 0 Å². The summed E-state index contributed by atoms with van der Waals surface area (Å²) in [5, 5.41) is 23.1. The van der Waals surface area contributed by atoms with Crippen molar-refractivity contribution in [1.82, 2.24) is 5.32 Å². The van der Waals surface area contributed by atoms with E-state index in [1.54, 1.807) is 6.08 Å². The first kappa shape index (κ1) is 66.3. The second kappa shape index (κ2) is 57.9. The van der Waals surface area contributed by atoms with Gasteiger partial charge in [-0.1, -0.05) is 289 Å². The van der Waals surface area contributed by atoms with Crippen molar-refractivity contribution in [2.24, 2.45) is 0 Å². The van der Waals surface area contributed by atoms with Crippen LogP contribution in [0.5, 0.6) is 0 Å². The molecule has 0 aliphatic rings. The Balaban J connectivity index is 3.46. The molecule has 2 atom stereocenters. The van der Waals surface area contributed by atoms with Crippen LogP contribution in [-0.2, 0) is 14.3 Å². The van der Waals surface area contributed by atoms with Crippen molar-refractivity contribution in [3.8, 4) is 0 Å². The predicted molar refractivity (Wildman–Crippen MR) is 296 cm³/mol. The van der Waals surface area contributed by atoms with Gasteiger partial charge in [0.1, 0.15) is 0 Å². The molecule has 0 saturated carbocycles. The smallest absolute Gasteiger partial charge is 0.305 e. The Morgan fingerprint density at radius 2 is 0.691 bits per heavy atom. The summed E-state index contributed by atoms with van der Waals surface area (Å²) in [7, 11) is 0. The summed E-state index contributed by atoms with van der Waals surface area (Å²) in [5.41, 5.74) is 0. The third kappa shape index (κ3) is 53.7. The van der Waals surface area contributed by atoms with Crippen LogP contribution in [-0.4, -0.2) is 47.4 Å². The lowest BCUT2D eigenvalue weighted by Gasteiger charge is -2.20. The number of hydrogen-bond donors (Lipinski definition) is 3. The molecule has 0 aliphatic carbocycles. The summed E-state index contributed by atoms with van der Waals surface area (Å²) in [6, 6.07) is -0.640. The summed E-state index contributed by atoms with van der Waals surface area (Å²) in [5.74, 6) is -0.0818. The van der Waals surface area contributed by atoms with E-state index in [4.69, 9.17) is 4.74 Å². The van der Waals surface area contributed by atoms with Crippen LogP contribution < -0.4 is 5.32 Å². The van der Waals surface area contributed by atoms with E-state index < -0.39 is 12.1 Å². The summed E-state index contributed by atoms with van der Waals surface area (Å²) in [6.45, 7) is 4.90. The molecule has 0 radical (unpaired) electrons. The highest BCUT2D eigenvalue weighted by Crippen LogP contribution is 2.17. The highest BCUT2D eigenvalue weighted by Gasteiger charge is 2.18. The van der Waals surface area contributed by atoms with E-state index in [1.165, 1.54) is 244 Å². The second-order valence-corrected chi connectivity index (χ2v) is 21.0. The topological polar surface area (TPSA) is 95.9 Å². The molecule has 0 aromatic carbocycles. The van der Waals surface area contributed by atoms with E-state index in [0.29, 0.717) is 19.4 Å². The van der Waals surface area contributed by atoms with Gasteiger partial charge in [0.25, 0.3) is 0 Å². The van der Waals surface area contributed by atoms with Crippen LogP contribution in [0, 0.1) is 0 Å². The van der Waals surface area contributed by atoms with Crippen molar-refractivity contribution >= 4 is 11.9 Å². The van der Waals surface area contributed by atoms with Crippen LogP contribution in [0.15, 0.2) is 24.3 Å². The number of carbonyl (C=O) groups is 2. The van der Waals surface area contributed by atoms with Crippen LogP contribution in [0.3, 0.4) is 0 Å². The molecular formula is C62H119NO5. The number of amides is 1. The number of carbonyl (C=O) groups excluding carboxylic acids is 2. The van der Waals surface area contributed by atoms with Crippen LogP contribution >= 0.6 is 0 Å². The maximum Gasteiger partial charge on any atom is 0.305 e. The summed E-state index contributed by atoms with van der Waals surface area (Å²) >= 11 is 0. The SMILES string of the molecule is CCCCCCCCCCCCCCCC/C=C/C(O)C(CO)NC(=O)CCCCCCC/C=C\CCCCCCCCCOC(=O)CCCCCCCCCCCCCCCCCCCCC. The lowest BCUT2D eigenvalue weighted by Crippen LogP contribution is -2.45. The molecule has 0 bridgehead atoms. The van der Waals surface area contributed by atoms with E-state index in [2.05, 4.69) is 31.3 Å². The summed E-state index contributed by atoms with van der Waals surface area (Å²) < 4.78 is 5.49. The van der Waals surface area contributed by atoms with Crippen molar-refractivity contribution in [1.29, 1.82) is 0 Å². The highest BCUT2D eigenvalue weighted by molar-refractivity contribution is 5.76. The molecule has 68 heavy (non-hydrogen) atoms. The van der Waals surface area contributed by atoms with Crippen LogP contribution in [0.2, 0.25) is 0 Å². The van der Waals surface area contributed by atoms with Gasteiger partial charge in [0.15, 0.2) is 0 Å².